The Balaban J connectivity index is 2.46. The minimum absolute atomic E-state index is 0.235. The van der Waals surface area contributed by atoms with E-state index in [1.54, 1.807) is 25.1 Å². The Kier molecular flexibility index (Phi) is 4.58. The van der Waals surface area contributed by atoms with Crippen LogP contribution in [0.4, 0.5) is 4.39 Å². The van der Waals surface area contributed by atoms with E-state index in [1.807, 2.05) is 12.1 Å². The molecule has 0 amide bonds. The summed E-state index contributed by atoms with van der Waals surface area (Å²) in [6.07, 6.45) is 0. The van der Waals surface area contributed by atoms with Crippen LogP contribution in [0.25, 0.3) is 0 Å². The molecule has 0 radical (unpaired) electrons. The van der Waals surface area contributed by atoms with Crippen molar-refractivity contribution in [2.24, 2.45) is 5.84 Å². The molecule has 2 nitrogen and oxygen atoms in total. The lowest BCUT2D eigenvalue weighted by Gasteiger charge is -2.19. The zero-order valence-corrected chi connectivity index (χ0v) is 12.6. The van der Waals surface area contributed by atoms with Gasteiger partial charge in [-0.3, -0.25) is 5.84 Å². The van der Waals surface area contributed by atoms with Crippen LogP contribution in [0.3, 0.4) is 0 Å². The van der Waals surface area contributed by atoms with E-state index in [-0.39, 0.29) is 11.9 Å². The Morgan fingerprint density at radius 3 is 2.58 bits per heavy atom. The largest absolute Gasteiger partial charge is 0.271 e. The van der Waals surface area contributed by atoms with Crippen molar-refractivity contribution in [3.8, 4) is 0 Å². The average Bonchev–Trinajstić information content (AvgIpc) is 2.37. The smallest absolute Gasteiger partial charge is 0.126 e. The van der Waals surface area contributed by atoms with Gasteiger partial charge in [-0.25, -0.2) is 9.82 Å². The standard InChI is InChI=1S/C14H13BrClFN2/c1-8-6-9(2-5-13(8)17)14(19-18)11-4-3-10(15)7-12(11)16/h2-7,14,19H,18H2,1H3. The van der Waals surface area contributed by atoms with Crippen molar-refractivity contribution in [1.82, 2.24) is 5.43 Å². The molecule has 5 heteroatoms. The highest BCUT2D eigenvalue weighted by Crippen LogP contribution is 2.30. The Morgan fingerprint density at radius 1 is 1.26 bits per heavy atom. The lowest BCUT2D eigenvalue weighted by Crippen LogP contribution is -2.29. The summed E-state index contributed by atoms with van der Waals surface area (Å²) in [6, 6.07) is 10.2. The maximum Gasteiger partial charge on any atom is 0.126 e. The third-order valence-corrected chi connectivity index (χ3v) is 3.78. The first-order valence-electron chi connectivity index (χ1n) is 5.70. The van der Waals surface area contributed by atoms with Crippen LogP contribution in [0.1, 0.15) is 22.7 Å². The van der Waals surface area contributed by atoms with Crippen molar-refractivity contribution in [1.29, 1.82) is 0 Å². The number of hydrazine groups is 1. The summed E-state index contributed by atoms with van der Waals surface area (Å²) in [5.74, 6) is 5.38. The fourth-order valence-corrected chi connectivity index (χ4v) is 2.73. The highest BCUT2D eigenvalue weighted by atomic mass is 79.9. The Morgan fingerprint density at radius 2 is 2.00 bits per heavy atom. The molecule has 1 unspecified atom stereocenters. The minimum atomic E-state index is -0.278. The van der Waals surface area contributed by atoms with Crippen LogP contribution in [0.5, 0.6) is 0 Å². The van der Waals surface area contributed by atoms with Crippen LogP contribution in [0.15, 0.2) is 40.9 Å². The van der Waals surface area contributed by atoms with E-state index >= 15 is 0 Å². The second kappa shape index (κ2) is 6.01. The van der Waals surface area contributed by atoms with Crippen LogP contribution < -0.4 is 11.3 Å². The molecule has 0 aliphatic rings. The molecule has 2 rings (SSSR count). The number of hydrogen-bond acceptors (Lipinski definition) is 2. The maximum atomic E-state index is 13.3. The molecule has 0 saturated heterocycles. The van der Waals surface area contributed by atoms with Gasteiger partial charge < -0.3 is 0 Å². The normalized spacial score (nSPS) is 12.5. The predicted octanol–water partition coefficient (Wildman–Crippen LogP) is 4.10. The zero-order valence-electron chi connectivity index (χ0n) is 10.3. The number of benzene rings is 2. The van der Waals surface area contributed by atoms with E-state index < -0.39 is 0 Å². The van der Waals surface area contributed by atoms with Crippen molar-refractivity contribution in [2.45, 2.75) is 13.0 Å². The number of aryl methyl sites for hydroxylation is 1. The van der Waals surface area contributed by atoms with Gasteiger partial charge in [0.25, 0.3) is 0 Å². The van der Waals surface area contributed by atoms with Gasteiger partial charge in [0, 0.05) is 9.50 Å². The molecule has 0 aromatic heterocycles. The lowest BCUT2D eigenvalue weighted by atomic mass is 9.97. The molecule has 0 heterocycles. The van der Waals surface area contributed by atoms with E-state index in [2.05, 4.69) is 21.4 Å². The molecular weight excluding hydrogens is 331 g/mol. The first kappa shape index (κ1) is 14.5. The topological polar surface area (TPSA) is 38.0 Å². The van der Waals surface area contributed by atoms with Gasteiger partial charge in [0.15, 0.2) is 0 Å². The van der Waals surface area contributed by atoms with Gasteiger partial charge >= 0.3 is 0 Å². The fraction of sp³-hybridized carbons (Fsp3) is 0.143. The highest BCUT2D eigenvalue weighted by Gasteiger charge is 2.16. The predicted molar refractivity (Wildman–Crippen MR) is 79.5 cm³/mol. The quantitative estimate of drug-likeness (QED) is 0.650. The van der Waals surface area contributed by atoms with Gasteiger partial charge in [-0.05, 0) is 41.8 Å². The third kappa shape index (κ3) is 3.15. The molecule has 0 aliphatic heterocycles. The van der Waals surface area contributed by atoms with Gasteiger partial charge in [0.05, 0.1) is 6.04 Å². The van der Waals surface area contributed by atoms with Crippen LogP contribution in [-0.2, 0) is 0 Å². The Bertz CT molecular complexity index is 604. The van der Waals surface area contributed by atoms with Gasteiger partial charge in [0.1, 0.15) is 5.82 Å². The van der Waals surface area contributed by atoms with Crippen molar-refractivity contribution < 1.29 is 4.39 Å². The highest BCUT2D eigenvalue weighted by molar-refractivity contribution is 9.10. The molecule has 3 N–H and O–H groups in total. The monoisotopic (exact) mass is 342 g/mol. The van der Waals surface area contributed by atoms with Gasteiger partial charge in [-0.1, -0.05) is 45.7 Å². The average molecular weight is 344 g/mol. The molecule has 2 aromatic carbocycles. The Labute approximate surface area is 124 Å². The summed E-state index contributed by atoms with van der Waals surface area (Å²) in [4.78, 5) is 0. The summed E-state index contributed by atoms with van der Waals surface area (Å²) < 4.78 is 14.2. The van der Waals surface area contributed by atoms with E-state index in [4.69, 9.17) is 17.4 Å². The molecule has 0 aliphatic carbocycles. The first-order chi connectivity index (χ1) is 9.02. The van der Waals surface area contributed by atoms with E-state index in [9.17, 15) is 4.39 Å². The summed E-state index contributed by atoms with van der Waals surface area (Å²) >= 11 is 9.58. The molecule has 0 bridgehead atoms. The van der Waals surface area contributed by atoms with Crippen LogP contribution in [-0.4, -0.2) is 0 Å². The van der Waals surface area contributed by atoms with Crippen molar-refractivity contribution in [3.63, 3.8) is 0 Å². The van der Waals surface area contributed by atoms with E-state index in [1.165, 1.54) is 6.07 Å². The number of rotatable bonds is 3. The SMILES string of the molecule is Cc1cc(C(NN)c2ccc(Br)cc2Cl)ccc1F. The second-order valence-electron chi connectivity index (χ2n) is 4.27. The first-order valence-corrected chi connectivity index (χ1v) is 6.87. The summed E-state index contributed by atoms with van der Waals surface area (Å²) in [5.41, 5.74) is 5.01. The second-order valence-corrected chi connectivity index (χ2v) is 5.60. The van der Waals surface area contributed by atoms with Crippen LogP contribution in [0.2, 0.25) is 5.02 Å². The van der Waals surface area contributed by atoms with E-state index in [0.29, 0.717) is 10.6 Å². The molecule has 0 spiro atoms. The third-order valence-electron chi connectivity index (χ3n) is 2.96. The molecule has 2 aromatic rings. The molecular formula is C14H13BrClFN2. The molecule has 100 valence electrons. The van der Waals surface area contributed by atoms with E-state index in [0.717, 1.165) is 15.6 Å². The molecule has 1 atom stereocenters. The van der Waals surface area contributed by atoms with Crippen molar-refractivity contribution >= 4 is 27.5 Å². The van der Waals surface area contributed by atoms with Crippen LogP contribution >= 0.6 is 27.5 Å². The number of hydrogen-bond donors (Lipinski definition) is 2. The van der Waals surface area contributed by atoms with Crippen molar-refractivity contribution in [3.05, 3.63) is 68.4 Å². The molecule has 19 heavy (non-hydrogen) atoms. The summed E-state index contributed by atoms with van der Waals surface area (Å²) in [5, 5.41) is 0.597. The summed E-state index contributed by atoms with van der Waals surface area (Å²) in [7, 11) is 0. The number of nitrogens with two attached hydrogens (primary N) is 1. The fourth-order valence-electron chi connectivity index (χ4n) is 1.95. The summed E-state index contributed by atoms with van der Waals surface area (Å²) in [6.45, 7) is 1.72. The van der Waals surface area contributed by atoms with Gasteiger partial charge in [-0.15, -0.1) is 0 Å². The zero-order chi connectivity index (χ0) is 14.0. The Hall–Kier alpha value is -0.940. The van der Waals surface area contributed by atoms with Gasteiger partial charge in [0.2, 0.25) is 0 Å². The number of nitrogens with one attached hydrogen (secondary N) is 1. The minimum Gasteiger partial charge on any atom is -0.271 e. The van der Waals surface area contributed by atoms with Gasteiger partial charge in [-0.2, -0.15) is 0 Å². The lowest BCUT2D eigenvalue weighted by molar-refractivity contribution is 0.608. The molecule has 0 saturated carbocycles. The number of halogens is 3. The van der Waals surface area contributed by atoms with Crippen molar-refractivity contribution in [2.75, 3.05) is 0 Å². The van der Waals surface area contributed by atoms with Crippen LogP contribution in [0, 0.1) is 12.7 Å². The molecule has 0 fully saturated rings. The maximum absolute atomic E-state index is 13.3.